The molecular weight excluding hydrogens is 384 g/mol. The molecule has 0 aliphatic carbocycles. The number of nitrogens with one attached hydrogen (secondary N) is 1. The summed E-state index contributed by atoms with van der Waals surface area (Å²) in [5, 5.41) is 0. The van der Waals surface area contributed by atoms with Crippen LogP contribution in [-0.2, 0) is 10.0 Å². The first-order valence-corrected chi connectivity index (χ1v) is 12.1. The van der Waals surface area contributed by atoms with Gasteiger partial charge in [-0.15, -0.1) is 0 Å². The summed E-state index contributed by atoms with van der Waals surface area (Å²) in [5.41, 5.74) is 2.23. The minimum Gasteiger partial charge on any atom is -0.335 e. The number of benzene rings is 2. The van der Waals surface area contributed by atoms with Crippen LogP contribution < -0.4 is 4.72 Å². The van der Waals surface area contributed by atoms with E-state index >= 15 is 0 Å². The van der Waals surface area contributed by atoms with Crippen LogP contribution in [-0.4, -0.2) is 37.6 Å². The van der Waals surface area contributed by atoms with E-state index in [1.54, 1.807) is 24.3 Å². The summed E-state index contributed by atoms with van der Waals surface area (Å²) in [5.74, 6) is 0.335. The second kappa shape index (κ2) is 9.44. The molecule has 2 aromatic rings. The zero-order valence-electron chi connectivity index (χ0n) is 17.2. The summed E-state index contributed by atoms with van der Waals surface area (Å²) >= 11 is 0. The summed E-state index contributed by atoms with van der Waals surface area (Å²) in [4.78, 5) is 15.3. The molecule has 0 radical (unpaired) electrons. The lowest BCUT2D eigenvalue weighted by atomic mass is 9.87. The van der Waals surface area contributed by atoms with E-state index < -0.39 is 10.0 Å². The number of sulfonamides is 1. The van der Waals surface area contributed by atoms with Crippen molar-refractivity contribution in [2.75, 3.05) is 17.0 Å². The molecule has 156 valence electrons. The Morgan fingerprint density at radius 3 is 2.59 bits per heavy atom. The van der Waals surface area contributed by atoms with Crippen LogP contribution in [0.2, 0.25) is 0 Å². The largest absolute Gasteiger partial charge is 0.335 e. The highest BCUT2D eigenvalue weighted by atomic mass is 32.2. The number of carbonyl (C=O) groups excluding carboxylic acids is 1. The van der Waals surface area contributed by atoms with Crippen LogP contribution in [0, 0.1) is 0 Å². The van der Waals surface area contributed by atoms with Gasteiger partial charge in [0.15, 0.2) is 0 Å². The predicted octanol–water partition coefficient (Wildman–Crippen LogP) is 4.64. The highest BCUT2D eigenvalue weighted by Gasteiger charge is 2.35. The van der Waals surface area contributed by atoms with Gasteiger partial charge in [-0.2, -0.15) is 0 Å². The number of anilines is 1. The van der Waals surface area contributed by atoms with Gasteiger partial charge in [-0.25, -0.2) is 8.42 Å². The summed E-state index contributed by atoms with van der Waals surface area (Å²) in [7, 11) is -3.39. The van der Waals surface area contributed by atoms with Crippen molar-refractivity contribution >= 4 is 21.6 Å². The Bertz CT molecular complexity index is 928. The second-order valence-corrected chi connectivity index (χ2v) is 9.48. The maximum Gasteiger partial charge on any atom is 0.254 e. The fourth-order valence-corrected chi connectivity index (χ4v) is 5.40. The van der Waals surface area contributed by atoms with Gasteiger partial charge in [-0.1, -0.05) is 50.2 Å². The normalized spacial score (nSPS) is 17.9. The number of hydrogen-bond acceptors (Lipinski definition) is 3. The van der Waals surface area contributed by atoms with E-state index in [9.17, 15) is 13.2 Å². The Hall–Kier alpha value is -2.34. The molecular formula is C23H30N2O3S. The average molecular weight is 415 g/mol. The molecule has 1 aliphatic rings. The number of carbonyl (C=O) groups is 1. The SMILES string of the molecule is CCCS(=O)(=O)Nc1cccc(C(=O)N2CCC[C@@H]2[C@@H](CC)c2ccccc2)c1. The number of amides is 1. The van der Waals surface area contributed by atoms with Crippen LogP contribution in [0.25, 0.3) is 0 Å². The molecule has 5 nitrogen and oxygen atoms in total. The lowest BCUT2D eigenvalue weighted by molar-refractivity contribution is 0.0714. The van der Waals surface area contributed by atoms with E-state index in [1.807, 2.05) is 30.0 Å². The molecule has 3 rings (SSSR count). The Kier molecular flexibility index (Phi) is 6.96. The standard InChI is InChI=1S/C23H30N2O3S/c1-3-16-29(27,28)24-20-13-8-12-19(17-20)23(26)25-15-9-14-22(25)21(4-2)18-10-6-5-7-11-18/h5-8,10-13,17,21-22,24H,3-4,9,14-16H2,1-2H3/t21-,22+/m0/s1. The van der Waals surface area contributed by atoms with Crippen LogP contribution in [0.3, 0.4) is 0 Å². The van der Waals surface area contributed by atoms with E-state index in [0.29, 0.717) is 23.6 Å². The monoisotopic (exact) mass is 414 g/mol. The smallest absolute Gasteiger partial charge is 0.254 e. The number of rotatable bonds is 8. The number of hydrogen-bond donors (Lipinski definition) is 1. The van der Waals surface area contributed by atoms with Crippen LogP contribution >= 0.6 is 0 Å². The molecule has 6 heteroatoms. The second-order valence-electron chi connectivity index (χ2n) is 7.64. The first-order valence-electron chi connectivity index (χ1n) is 10.4. The molecule has 1 N–H and O–H groups in total. The van der Waals surface area contributed by atoms with E-state index in [4.69, 9.17) is 0 Å². The summed E-state index contributed by atoms with van der Waals surface area (Å²) < 4.78 is 26.7. The minimum absolute atomic E-state index is 0.0292. The van der Waals surface area contributed by atoms with Crippen molar-refractivity contribution in [1.29, 1.82) is 0 Å². The molecule has 0 unspecified atom stereocenters. The minimum atomic E-state index is -3.39. The fraction of sp³-hybridized carbons (Fsp3) is 0.435. The Labute approximate surface area is 174 Å². The summed E-state index contributed by atoms with van der Waals surface area (Å²) in [6.07, 6.45) is 3.49. The molecule has 29 heavy (non-hydrogen) atoms. The van der Waals surface area contributed by atoms with Gasteiger partial charge in [-0.3, -0.25) is 9.52 Å². The van der Waals surface area contributed by atoms with E-state index in [-0.39, 0.29) is 17.7 Å². The highest BCUT2D eigenvalue weighted by Crippen LogP contribution is 2.34. The van der Waals surface area contributed by atoms with Gasteiger partial charge in [0.05, 0.1) is 5.75 Å². The molecule has 2 aromatic carbocycles. The van der Waals surface area contributed by atoms with Crippen molar-refractivity contribution < 1.29 is 13.2 Å². The van der Waals surface area contributed by atoms with Gasteiger partial charge in [-0.05, 0) is 49.4 Å². The van der Waals surface area contributed by atoms with Crippen molar-refractivity contribution in [3.8, 4) is 0 Å². The highest BCUT2D eigenvalue weighted by molar-refractivity contribution is 7.92. The maximum atomic E-state index is 13.3. The average Bonchev–Trinajstić information content (AvgIpc) is 3.18. The zero-order chi connectivity index (χ0) is 20.9. The van der Waals surface area contributed by atoms with E-state index in [0.717, 1.165) is 25.8 Å². The third kappa shape index (κ3) is 5.18. The van der Waals surface area contributed by atoms with Gasteiger partial charge in [0.2, 0.25) is 10.0 Å². The number of nitrogens with zero attached hydrogens (tertiary/aromatic N) is 1. The van der Waals surface area contributed by atoms with Crippen LogP contribution in [0.1, 0.15) is 61.4 Å². The molecule has 0 bridgehead atoms. The lowest BCUT2D eigenvalue weighted by Gasteiger charge is -2.32. The molecule has 1 fully saturated rings. The maximum absolute atomic E-state index is 13.3. The first-order chi connectivity index (χ1) is 13.9. The molecule has 0 spiro atoms. The molecule has 2 atom stereocenters. The van der Waals surface area contributed by atoms with Gasteiger partial charge < -0.3 is 4.90 Å². The topological polar surface area (TPSA) is 66.5 Å². The van der Waals surface area contributed by atoms with Crippen molar-refractivity contribution in [2.24, 2.45) is 0 Å². The quantitative estimate of drug-likeness (QED) is 0.684. The Balaban J connectivity index is 1.81. The van der Waals surface area contributed by atoms with Crippen molar-refractivity contribution in [3.05, 3.63) is 65.7 Å². The van der Waals surface area contributed by atoms with Crippen molar-refractivity contribution in [3.63, 3.8) is 0 Å². The van der Waals surface area contributed by atoms with E-state index in [2.05, 4.69) is 23.8 Å². The molecule has 0 saturated carbocycles. The number of likely N-dealkylation sites (tertiary alicyclic amines) is 1. The Morgan fingerprint density at radius 1 is 1.14 bits per heavy atom. The Morgan fingerprint density at radius 2 is 1.90 bits per heavy atom. The van der Waals surface area contributed by atoms with Gasteiger partial charge in [0.1, 0.15) is 0 Å². The molecule has 1 heterocycles. The molecule has 1 aliphatic heterocycles. The predicted molar refractivity (Wildman–Crippen MR) is 118 cm³/mol. The van der Waals surface area contributed by atoms with Crippen LogP contribution in [0.4, 0.5) is 5.69 Å². The van der Waals surface area contributed by atoms with Gasteiger partial charge in [0.25, 0.3) is 5.91 Å². The van der Waals surface area contributed by atoms with E-state index in [1.165, 1.54) is 5.56 Å². The van der Waals surface area contributed by atoms with Crippen molar-refractivity contribution in [1.82, 2.24) is 4.90 Å². The first kappa shape index (κ1) is 21.4. The van der Waals surface area contributed by atoms with Gasteiger partial charge in [0, 0.05) is 29.8 Å². The third-order valence-electron chi connectivity index (χ3n) is 5.55. The summed E-state index contributed by atoms with van der Waals surface area (Å²) in [6, 6.07) is 17.4. The van der Waals surface area contributed by atoms with Crippen LogP contribution in [0.15, 0.2) is 54.6 Å². The molecule has 1 amide bonds. The lowest BCUT2D eigenvalue weighted by Crippen LogP contribution is -2.39. The molecule has 0 aromatic heterocycles. The third-order valence-corrected chi connectivity index (χ3v) is 7.04. The summed E-state index contributed by atoms with van der Waals surface area (Å²) in [6.45, 7) is 4.73. The van der Waals surface area contributed by atoms with Crippen LogP contribution in [0.5, 0.6) is 0 Å². The van der Waals surface area contributed by atoms with Crippen molar-refractivity contribution in [2.45, 2.75) is 51.5 Å². The zero-order valence-corrected chi connectivity index (χ0v) is 18.0. The molecule has 1 saturated heterocycles. The fourth-order valence-electron chi connectivity index (χ4n) is 4.27. The van der Waals surface area contributed by atoms with Gasteiger partial charge >= 0.3 is 0 Å².